The number of aryl methyl sites for hydroxylation is 2. The van der Waals surface area contributed by atoms with E-state index in [2.05, 4.69) is 58.9 Å². The van der Waals surface area contributed by atoms with Gasteiger partial charge in [-0.05, 0) is 37.0 Å². The average Bonchev–Trinajstić information content (AvgIpc) is 2.62. The number of hydrogen-bond acceptors (Lipinski definition) is 2. The third-order valence-electron chi connectivity index (χ3n) is 3.89. The van der Waals surface area contributed by atoms with Gasteiger partial charge in [-0.2, -0.15) is 0 Å². The molecule has 0 amide bonds. The zero-order chi connectivity index (χ0) is 17.2. The Hall–Kier alpha value is -1.76. The van der Waals surface area contributed by atoms with Crippen LogP contribution in [0.2, 0.25) is 0 Å². The van der Waals surface area contributed by atoms with Gasteiger partial charge in [0.15, 0.2) is 5.96 Å². The molecule has 0 spiro atoms. The lowest BCUT2D eigenvalue weighted by molar-refractivity contribution is 0.408. The highest BCUT2D eigenvalue weighted by Gasteiger charge is 2.04. The van der Waals surface area contributed by atoms with Crippen molar-refractivity contribution in [1.82, 2.24) is 10.6 Å². The molecule has 5 heteroatoms. The second kappa shape index (κ2) is 11.7. The van der Waals surface area contributed by atoms with Crippen LogP contribution in [0.1, 0.15) is 23.1 Å². The van der Waals surface area contributed by atoms with Crippen molar-refractivity contribution in [3.63, 3.8) is 0 Å². The Morgan fingerprint density at radius 3 is 2.52 bits per heavy atom. The Labute approximate surface area is 168 Å². The van der Waals surface area contributed by atoms with Gasteiger partial charge in [0.2, 0.25) is 0 Å². The zero-order valence-electron chi connectivity index (χ0n) is 15.2. The second-order valence-corrected chi connectivity index (χ2v) is 5.76. The van der Waals surface area contributed by atoms with Crippen LogP contribution in [0, 0.1) is 6.92 Å². The number of hydrogen-bond donors (Lipinski definition) is 2. The molecule has 0 unspecified atom stereocenters. The minimum Gasteiger partial charge on any atom is -0.496 e. The third kappa shape index (κ3) is 7.34. The SMILES string of the molecule is CN=C(NCCCc1ccccc1)NCc1ccc(C)cc1OC.I. The average molecular weight is 453 g/mol. The lowest BCUT2D eigenvalue weighted by Gasteiger charge is -2.14. The monoisotopic (exact) mass is 453 g/mol. The summed E-state index contributed by atoms with van der Waals surface area (Å²) in [7, 11) is 3.49. The molecule has 2 N–H and O–H groups in total. The van der Waals surface area contributed by atoms with Crippen molar-refractivity contribution < 1.29 is 4.74 Å². The van der Waals surface area contributed by atoms with E-state index in [9.17, 15) is 0 Å². The maximum Gasteiger partial charge on any atom is 0.191 e. The van der Waals surface area contributed by atoms with Gasteiger partial charge in [0.1, 0.15) is 5.75 Å². The summed E-state index contributed by atoms with van der Waals surface area (Å²) >= 11 is 0. The number of aliphatic imine (C=N–C) groups is 1. The van der Waals surface area contributed by atoms with Gasteiger partial charge in [0.05, 0.1) is 7.11 Å². The lowest BCUT2D eigenvalue weighted by Crippen LogP contribution is -2.37. The molecule has 0 aliphatic rings. The van der Waals surface area contributed by atoms with Gasteiger partial charge in [0, 0.05) is 25.7 Å². The van der Waals surface area contributed by atoms with E-state index >= 15 is 0 Å². The molecule has 136 valence electrons. The number of halogens is 1. The zero-order valence-corrected chi connectivity index (χ0v) is 17.5. The van der Waals surface area contributed by atoms with Crippen LogP contribution in [0.5, 0.6) is 5.75 Å². The Kier molecular flexibility index (Phi) is 9.99. The van der Waals surface area contributed by atoms with Crippen molar-refractivity contribution >= 4 is 29.9 Å². The van der Waals surface area contributed by atoms with Crippen LogP contribution in [0.15, 0.2) is 53.5 Å². The Balaban J connectivity index is 0.00000312. The molecular formula is C20H28IN3O. The molecule has 0 fully saturated rings. The topological polar surface area (TPSA) is 45.7 Å². The highest BCUT2D eigenvalue weighted by molar-refractivity contribution is 14.0. The van der Waals surface area contributed by atoms with Crippen LogP contribution in [0.4, 0.5) is 0 Å². The molecule has 0 atom stereocenters. The van der Waals surface area contributed by atoms with Crippen molar-refractivity contribution in [3.8, 4) is 5.75 Å². The van der Waals surface area contributed by atoms with Crippen LogP contribution < -0.4 is 15.4 Å². The Bertz CT molecular complexity index is 659. The number of methoxy groups -OCH3 is 1. The van der Waals surface area contributed by atoms with Crippen molar-refractivity contribution in [2.75, 3.05) is 20.7 Å². The van der Waals surface area contributed by atoms with Crippen LogP contribution >= 0.6 is 24.0 Å². The first-order valence-corrected chi connectivity index (χ1v) is 8.35. The normalized spacial score (nSPS) is 10.8. The van der Waals surface area contributed by atoms with Gasteiger partial charge in [0.25, 0.3) is 0 Å². The fourth-order valence-electron chi connectivity index (χ4n) is 2.54. The van der Waals surface area contributed by atoms with E-state index in [1.807, 2.05) is 12.1 Å². The van der Waals surface area contributed by atoms with E-state index in [0.29, 0.717) is 6.54 Å². The van der Waals surface area contributed by atoms with E-state index < -0.39 is 0 Å². The molecule has 2 rings (SSSR count). The van der Waals surface area contributed by atoms with Crippen LogP contribution in [0.3, 0.4) is 0 Å². The molecule has 2 aromatic rings. The highest BCUT2D eigenvalue weighted by atomic mass is 127. The number of nitrogens with one attached hydrogen (secondary N) is 2. The van der Waals surface area contributed by atoms with Crippen LogP contribution in [0.25, 0.3) is 0 Å². The summed E-state index contributed by atoms with van der Waals surface area (Å²) in [6, 6.07) is 16.8. The number of guanidine groups is 1. The van der Waals surface area contributed by atoms with Crippen molar-refractivity contribution in [2.24, 2.45) is 4.99 Å². The Morgan fingerprint density at radius 2 is 1.84 bits per heavy atom. The molecule has 0 radical (unpaired) electrons. The first-order chi connectivity index (χ1) is 11.7. The molecule has 2 aromatic carbocycles. The van der Waals surface area contributed by atoms with Gasteiger partial charge < -0.3 is 15.4 Å². The van der Waals surface area contributed by atoms with Gasteiger partial charge in [-0.1, -0.05) is 42.5 Å². The van der Waals surface area contributed by atoms with Crippen molar-refractivity contribution in [2.45, 2.75) is 26.3 Å². The standard InChI is InChI=1S/C20H27N3O.HI/c1-16-11-12-18(19(14-16)24-3)15-23-20(21-2)22-13-7-10-17-8-5-4-6-9-17;/h4-6,8-9,11-12,14H,7,10,13,15H2,1-3H3,(H2,21,22,23);1H. The summed E-state index contributed by atoms with van der Waals surface area (Å²) in [4.78, 5) is 4.27. The van der Waals surface area contributed by atoms with Crippen molar-refractivity contribution in [1.29, 1.82) is 0 Å². The van der Waals surface area contributed by atoms with E-state index in [0.717, 1.165) is 36.7 Å². The number of benzene rings is 2. The van der Waals surface area contributed by atoms with E-state index in [-0.39, 0.29) is 24.0 Å². The van der Waals surface area contributed by atoms with E-state index in [4.69, 9.17) is 4.74 Å². The molecule has 0 aliphatic carbocycles. The van der Waals surface area contributed by atoms with Crippen molar-refractivity contribution in [3.05, 3.63) is 65.2 Å². The third-order valence-corrected chi connectivity index (χ3v) is 3.89. The molecule has 4 nitrogen and oxygen atoms in total. The maximum atomic E-state index is 5.44. The van der Waals surface area contributed by atoms with E-state index in [1.165, 1.54) is 11.1 Å². The molecular weight excluding hydrogens is 425 g/mol. The minimum atomic E-state index is 0. The molecule has 0 aromatic heterocycles. The quantitative estimate of drug-likeness (QED) is 0.289. The maximum absolute atomic E-state index is 5.44. The molecule has 25 heavy (non-hydrogen) atoms. The minimum absolute atomic E-state index is 0. The first kappa shape index (κ1) is 21.3. The Morgan fingerprint density at radius 1 is 1.08 bits per heavy atom. The lowest BCUT2D eigenvalue weighted by atomic mass is 10.1. The highest BCUT2D eigenvalue weighted by Crippen LogP contribution is 2.19. The number of ether oxygens (including phenoxy) is 1. The molecule has 0 bridgehead atoms. The predicted molar refractivity (Wildman–Crippen MR) is 116 cm³/mol. The van der Waals surface area contributed by atoms with E-state index in [1.54, 1.807) is 14.2 Å². The summed E-state index contributed by atoms with van der Waals surface area (Å²) in [6.45, 7) is 3.63. The van der Waals surface area contributed by atoms with Crippen LogP contribution in [-0.4, -0.2) is 26.7 Å². The fourth-order valence-corrected chi connectivity index (χ4v) is 2.54. The van der Waals surface area contributed by atoms with Gasteiger partial charge in [-0.3, -0.25) is 4.99 Å². The summed E-state index contributed by atoms with van der Waals surface area (Å²) in [5.74, 6) is 1.72. The van der Waals surface area contributed by atoms with Gasteiger partial charge in [-0.15, -0.1) is 24.0 Å². The summed E-state index contributed by atoms with van der Waals surface area (Å²) in [5, 5.41) is 6.69. The summed E-state index contributed by atoms with van der Waals surface area (Å²) < 4.78 is 5.44. The molecule has 0 saturated carbocycles. The van der Waals surface area contributed by atoms with Gasteiger partial charge in [-0.25, -0.2) is 0 Å². The second-order valence-electron chi connectivity index (χ2n) is 5.76. The predicted octanol–water partition coefficient (Wildman–Crippen LogP) is 3.92. The molecule has 0 heterocycles. The smallest absolute Gasteiger partial charge is 0.191 e. The fraction of sp³-hybridized carbons (Fsp3) is 0.350. The molecule has 0 aliphatic heterocycles. The number of rotatable bonds is 7. The molecule has 0 saturated heterocycles. The summed E-state index contributed by atoms with van der Waals surface area (Å²) in [6.07, 6.45) is 2.13. The first-order valence-electron chi connectivity index (χ1n) is 8.35. The number of nitrogens with zero attached hydrogens (tertiary/aromatic N) is 1. The van der Waals surface area contributed by atoms with Crippen LogP contribution in [-0.2, 0) is 13.0 Å². The largest absolute Gasteiger partial charge is 0.496 e. The van der Waals surface area contributed by atoms with Gasteiger partial charge >= 0.3 is 0 Å². The summed E-state index contributed by atoms with van der Waals surface area (Å²) in [5.41, 5.74) is 3.68.